The molecule has 0 aliphatic carbocycles. The Morgan fingerprint density at radius 2 is 2.08 bits per heavy atom. The highest BCUT2D eigenvalue weighted by molar-refractivity contribution is 5.65. The molecule has 0 atom stereocenters. The van der Waals surface area contributed by atoms with Crippen LogP contribution in [0.4, 0.5) is 4.79 Å². The van der Waals surface area contributed by atoms with Crippen molar-refractivity contribution in [3.63, 3.8) is 0 Å². The lowest BCUT2D eigenvalue weighted by molar-refractivity contribution is 0.0673. The first-order valence-electron chi connectivity index (χ1n) is 4.96. The minimum Gasteiger partial charge on any atom is -0.465 e. The number of carboxylic acid groups (broad SMARTS) is 1. The van der Waals surface area contributed by atoms with Crippen molar-refractivity contribution in [2.24, 2.45) is 5.92 Å². The molecule has 2 fully saturated rings. The first-order valence-corrected chi connectivity index (χ1v) is 4.96. The molecule has 1 amide bonds. The quantitative estimate of drug-likeness (QED) is 0.702. The lowest BCUT2D eigenvalue weighted by atomic mass is 9.96. The van der Waals surface area contributed by atoms with E-state index in [1.807, 2.05) is 0 Å². The second kappa shape index (κ2) is 3.54. The number of carbonyl (C=O) groups is 1. The Morgan fingerprint density at radius 3 is 2.54 bits per heavy atom. The van der Waals surface area contributed by atoms with Crippen LogP contribution in [-0.2, 0) is 0 Å². The van der Waals surface area contributed by atoms with Crippen LogP contribution in [0.1, 0.15) is 12.8 Å². The molecule has 0 aromatic heterocycles. The van der Waals surface area contributed by atoms with Crippen molar-refractivity contribution >= 4 is 6.09 Å². The maximum atomic E-state index is 10.4. The van der Waals surface area contributed by atoms with Gasteiger partial charge in [-0.25, -0.2) is 4.79 Å². The van der Waals surface area contributed by atoms with E-state index in [1.54, 1.807) is 0 Å². The minimum atomic E-state index is -0.764. The van der Waals surface area contributed by atoms with Gasteiger partial charge in [0.25, 0.3) is 0 Å². The second-order valence-corrected chi connectivity index (χ2v) is 4.04. The molecule has 0 spiro atoms. The molecule has 74 valence electrons. The summed E-state index contributed by atoms with van der Waals surface area (Å²) in [6.07, 6.45) is 1.75. The van der Waals surface area contributed by atoms with E-state index >= 15 is 0 Å². The zero-order valence-corrected chi connectivity index (χ0v) is 7.78. The summed E-state index contributed by atoms with van der Waals surface area (Å²) in [5, 5.41) is 8.60. The van der Waals surface area contributed by atoms with Gasteiger partial charge >= 0.3 is 6.09 Å². The van der Waals surface area contributed by atoms with Gasteiger partial charge in [0.2, 0.25) is 0 Å². The largest absolute Gasteiger partial charge is 0.465 e. The first kappa shape index (κ1) is 8.81. The normalized spacial score (nSPS) is 23.8. The van der Waals surface area contributed by atoms with Crippen LogP contribution in [0.2, 0.25) is 0 Å². The molecule has 0 bridgehead atoms. The Balaban J connectivity index is 1.56. The number of hydrogen-bond acceptors (Lipinski definition) is 2. The molecule has 0 saturated carbocycles. The molecular formula is C9H16N2O2. The average Bonchev–Trinajstić information content (AvgIpc) is 1.88. The summed E-state index contributed by atoms with van der Waals surface area (Å²) >= 11 is 0. The van der Waals surface area contributed by atoms with E-state index in [4.69, 9.17) is 5.11 Å². The highest BCUT2D eigenvalue weighted by atomic mass is 16.4. The van der Waals surface area contributed by atoms with Crippen LogP contribution in [0.15, 0.2) is 0 Å². The van der Waals surface area contributed by atoms with E-state index in [0.29, 0.717) is 5.92 Å². The van der Waals surface area contributed by atoms with Gasteiger partial charge in [-0.3, -0.25) is 0 Å². The van der Waals surface area contributed by atoms with E-state index in [0.717, 1.165) is 19.6 Å². The summed E-state index contributed by atoms with van der Waals surface area (Å²) in [6.45, 7) is 5.16. The molecule has 2 saturated heterocycles. The fourth-order valence-corrected chi connectivity index (χ4v) is 1.88. The summed E-state index contributed by atoms with van der Waals surface area (Å²) in [7, 11) is 0. The van der Waals surface area contributed by atoms with Gasteiger partial charge < -0.3 is 14.9 Å². The monoisotopic (exact) mass is 184 g/mol. The Labute approximate surface area is 78.1 Å². The molecule has 0 radical (unpaired) electrons. The van der Waals surface area contributed by atoms with Gasteiger partial charge in [-0.15, -0.1) is 0 Å². The molecule has 0 aromatic rings. The Kier molecular flexibility index (Phi) is 2.40. The van der Waals surface area contributed by atoms with Crippen molar-refractivity contribution in [2.75, 3.05) is 32.7 Å². The van der Waals surface area contributed by atoms with E-state index < -0.39 is 6.09 Å². The molecule has 4 nitrogen and oxygen atoms in total. The van der Waals surface area contributed by atoms with Crippen LogP contribution in [0.3, 0.4) is 0 Å². The number of amides is 1. The van der Waals surface area contributed by atoms with Crippen LogP contribution < -0.4 is 0 Å². The predicted octanol–water partition coefficient (Wildman–Crippen LogP) is 0.692. The number of hydrogen-bond donors (Lipinski definition) is 1. The fraction of sp³-hybridized carbons (Fsp3) is 0.889. The van der Waals surface area contributed by atoms with Crippen LogP contribution in [-0.4, -0.2) is 53.7 Å². The van der Waals surface area contributed by atoms with Crippen LogP contribution in [0.25, 0.3) is 0 Å². The van der Waals surface area contributed by atoms with Crippen molar-refractivity contribution in [2.45, 2.75) is 12.8 Å². The van der Waals surface area contributed by atoms with Gasteiger partial charge in [-0.1, -0.05) is 0 Å². The predicted molar refractivity (Wildman–Crippen MR) is 48.8 cm³/mol. The number of nitrogens with zero attached hydrogens (tertiary/aromatic N) is 2. The van der Waals surface area contributed by atoms with E-state index in [1.165, 1.54) is 30.8 Å². The van der Waals surface area contributed by atoms with Crippen molar-refractivity contribution in [3.8, 4) is 0 Å². The molecule has 2 heterocycles. The molecule has 1 N–H and O–H groups in total. The molecule has 2 rings (SSSR count). The van der Waals surface area contributed by atoms with Gasteiger partial charge in [-0.2, -0.15) is 0 Å². The van der Waals surface area contributed by atoms with Gasteiger partial charge in [0, 0.05) is 13.1 Å². The lowest BCUT2D eigenvalue weighted by Crippen LogP contribution is -2.50. The third-order valence-electron chi connectivity index (χ3n) is 3.03. The van der Waals surface area contributed by atoms with Crippen molar-refractivity contribution in [3.05, 3.63) is 0 Å². The molecule has 0 aromatic carbocycles. The molecular weight excluding hydrogens is 168 g/mol. The van der Waals surface area contributed by atoms with E-state index in [-0.39, 0.29) is 0 Å². The summed E-state index contributed by atoms with van der Waals surface area (Å²) in [5.74, 6) is 0.622. The fourth-order valence-electron chi connectivity index (χ4n) is 1.88. The van der Waals surface area contributed by atoms with Gasteiger partial charge in [0.1, 0.15) is 0 Å². The van der Waals surface area contributed by atoms with E-state index in [2.05, 4.69) is 4.90 Å². The number of rotatable bonds is 3. The highest BCUT2D eigenvalue weighted by Gasteiger charge is 2.30. The Hall–Kier alpha value is -0.770. The first-order chi connectivity index (χ1) is 6.25. The standard InChI is InChI=1S/C9H16N2O2/c12-9(13)11-6-8(7-11)2-5-10-3-1-4-10/h8H,1-7H2,(H,12,13). The van der Waals surface area contributed by atoms with Crippen molar-refractivity contribution in [1.29, 1.82) is 0 Å². The maximum Gasteiger partial charge on any atom is 0.407 e. The third kappa shape index (κ3) is 1.94. The van der Waals surface area contributed by atoms with Crippen LogP contribution in [0.5, 0.6) is 0 Å². The Bertz CT molecular complexity index is 198. The highest BCUT2D eigenvalue weighted by Crippen LogP contribution is 2.20. The van der Waals surface area contributed by atoms with Crippen molar-refractivity contribution < 1.29 is 9.90 Å². The SMILES string of the molecule is O=C(O)N1CC(CCN2CCC2)C1. The zero-order chi connectivity index (χ0) is 9.26. The van der Waals surface area contributed by atoms with Gasteiger partial charge in [0.05, 0.1) is 0 Å². The third-order valence-corrected chi connectivity index (χ3v) is 3.03. The Morgan fingerprint density at radius 1 is 1.38 bits per heavy atom. The summed E-state index contributed by atoms with van der Waals surface area (Å²) in [6, 6.07) is 0. The minimum absolute atomic E-state index is 0.622. The van der Waals surface area contributed by atoms with Gasteiger partial charge in [-0.05, 0) is 38.4 Å². The van der Waals surface area contributed by atoms with Crippen molar-refractivity contribution in [1.82, 2.24) is 9.80 Å². The molecule has 13 heavy (non-hydrogen) atoms. The maximum absolute atomic E-state index is 10.4. The van der Waals surface area contributed by atoms with Crippen LogP contribution in [0, 0.1) is 5.92 Å². The molecule has 0 unspecified atom stereocenters. The molecule has 2 aliphatic heterocycles. The lowest BCUT2D eigenvalue weighted by Gasteiger charge is -2.39. The average molecular weight is 184 g/mol. The summed E-state index contributed by atoms with van der Waals surface area (Å²) in [4.78, 5) is 14.4. The smallest absolute Gasteiger partial charge is 0.407 e. The second-order valence-electron chi connectivity index (χ2n) is 4.04. The van der Waals surface area contributed by atoms with E-state index in [9.17, 15) is 4.79 Å². The van der Waals surface area contributed by atoms with Gasteiger partial charge in [0.15, 0.2) is 0 Å². The zero-order valence-electron chi connectivity index (χ0n) is 7.78. The topological polar surface area (TPSA) is 43.8 Å². The molecule has 4 heteroatoms. The summed E-state index contributed by atoms with van der Waals surface area (Å²) < 4.78 is 0. The summed E-state index contributed by atoms with van der Waals surface area (Å²) in [5.41, 5.74) is 0. The van der Waals surface area contributed by atoms with Crippen LogP contribution >= 0.6 is 0 Å². The molecule has 2 aliphatic rings. The number of likely N-dealkylation sites (tertiary alicyclic amines) is 2.